The maximum absolute atomic E-state index is 12.5. The third kappa shape index (κ3) is 3.34. The number of benzene rings is 2. The summed E-state index contributed by atoms with van der Waals surface area (Å²) in [4.78, 5) is 26.0. The molecular formula is C20H21NO2. The molecule has 0 heterocycles. The molecule has 2 aromatic rings. The predicted molar refractivity (Wildman–Crippen MR) is 91.6 cm³/mol. The molecule has 1 aliphatic carbocycles. The van der Waals surface area contributed by atoms with E-state index in [2.05, 4.69) is 0 Å². The maximum atomic E-state index is 12.5. The van der Waals surface area contributed by atoms with Gasteiger partial charge in [-0.15, -0.1) is 0 Å². The number of ketones is 1. The van der Waals surface area contributed by atoms with Gasteiger partial charge in [-0.05, 0) is 56.0 Å². The molecule has 3 nitrogen and oxygen atoms in total. The third-order valence-corrected chi connectivity index (χ3v) is 4.32. The van der Waals surface area contributed by atoms with Crippen molar-refractivity contribution in [1.29, 1.82) is 0 Å². The summed E-state index contributed by atoms with van der Waals surface area (Å²) in [7, 11) is 0. The number of carbonyl (C=O) groups is 2. The lowest BCUT2D eigenvalue weighted by Gasteiger charge is -2.20. The molecule has 1 amide bonds. The molecule has 0 atom stereocenters. The Hall–Kier alpha value is -2.42. The van der Waals surface area contributed by atoms with Crippen LogP contribution >= 0.6 is 0 Å². The Labute approximate surface area is 136 Å². The van der Waals surface area contributed by atoms with Crippen LogP contribution in [0.15, 0.2) is 48.5 Å². The zero-order valence-electron chi connectivity index (χ0n) is 13.6. The molecule has 3 rings (SSSR count). The fraction of sp³-hybridized carbons (Fsp3) is 0.300. The zero-order valence-corrected chi connectivity index (χ0v) is 13.6. The van der Waals surface area contributed by atoms with E-state index >= 15 is 0 Å². The number of nitrogens with zero attached hydrogens (tertiary/aromatic N) is 1. The van der Waals surface area contributed by atoms with Gasteiger partial charge in [-0.2, -0.15) is 0 Å². The second-order valence-corrected chi connectivity index (χ2v) is 6.04. The van der Waals surface area contributed by atoms with E-state index in [1.165, 1.54) is 0 Å². The van der Waals surface area contributed by atoms with E-state index < -0.39 is 0 Å². The van der Waals surface area contributed by atoms with Gasteiger partial charge in [-0.1, -0.05) is 30.3 Å². The van der Waals surface area contributed by atoms with Crippen LogP contribution in [0, 0.1) is 0 Å². The first-order chi connectivity index (χ1) is 11.1. The highest BCUT2D eigenvalue weighted by molar-refractivity contribution is 5.96. The summed E-state index contributed by atoms with van der Waals surface area (Å²) in [5, 5.41) is 0. The Morgan fingerprint density at radius 3 is 2.26 bits per heavy atom. The number of hydrogen-bond donors (Lipinski definition) is 0. The number of amides is 1. The number of Topliss-reactive ketones (excluding diaryl/α,β-unsaturated/α-hetero) is 1. The van der Waals surface area contributed by atoms with E-state index in [-0.39, 0.29) is 11.7 Å². The Morgan fingerprint density at radius 1 is 1.00 bits per heavy atom. The fourth-order valence-corrected chi connectivity index (χ4v) is 2.84. The monoisotopic (exact) mass is 307 g/mol. The summed E-state index contributed by atoms with van der Waals surface area (Å²) >= 11 is 0. The van der Waals surface area contributed by atoms with Gasteiger partial charge in [0.2, 0.25) is 0 Å². The molecule has 0 unspecified atom stereocenters. The minimum Gasteiger partial charge on any atom is -0.336 e. The van der Waals surface area contributed by atoms with Crippen molar-refractivity contribution in [3.05, 3.63) is 59.7 Å². The molecule has 0 saturated heterocycles. The molecule has 1 saturated carbocycles. The average molecular weight is 307 g/mol. The van der Waals surface area contributed by atoms with Gasteiger partial charge in [0.1, 0.15) is 0 Å². The molecular weight excluding hydrogens is 286 g/mol. The molecule has 0 N–H and O–H groups in total. The lowest BCUT2D eigenvalue weighted by Crippen LogP contribution is -2.32. The minimum atomic E-state index is 0.0571. The van der Waals surface area contributed by atoms with E-state index in [4.69, 9.17) is 0 Å². The van der Waals surface area contributed by atoms with Crippen LogP contribution < -0.4 is 0 Å². The van der Waals surface area contributed by atoms with Crippen molar-refractivity contribution in [2.75, 3.05) is 6.54 Å². The number of hydrogen-bond acceptors (Lipinski definition) is 2. The van der Waals surface area contributed by atoms with Crippen LogP contribution in [0.1, 0.15) is 47.4 Å². The Morgan fingerprint density at radius 2 is 1.70 bits per heavy atom. The van der Waals surface area contributed by atoms with Crippen molar-refractivity contribution in [1.82, 2.24) is 4.90 Å². The smallest absolute Gasteiger partial charge is 0.254 e. The summed E-state index contributed by atoms with van der Waals surface area (Å²) in [6.07, 6.45) is 2.24. The average Bonchev–Trinajstić information content (AvgIpc) is 3.40. The Kier molecular flexibility index (Phi) is 4.28. The van der Waals surface area contributed by atoms with Crippen LogP contribution in [0.5, 0.6) is 0 Å². The Bertz CT molecular complexity index is 730. The van der Waals surface area contributed by atoms with Gasteiger partial charge in [0, 0.05) is 23.7 Å². The van der Waals surface area contributed by atoms with E-state index in [9.17, 15) is 9.59 Å². The first-order valence-corrected chi connectivity index (χ1v) is 8.12. The highest BCUT2D eigenvalue weighted by atomic mass is 16.2. The molecule has 0 bridgehead atoms. The number of carbonyl (C=O) groups excluding carboxylic acids is 2. The molecule has 3 heteroatoms. The van der Waals surface area contributed by atoms with Crippen molar-refractivity contribution >= 4 is 11.7 Å². The van der Waals surface area contributed by atoms with Gasteiger partial charge in [0.05, 0.1) is 0 Å². The van der Waals surface area contributed by atoms with Gasteiger partial charge in [-0.3, -0.25) is 9.59 Å². The van der Waals surface area contributed by atoms with E-state index in [0.29, 0.717) is 11.6 Å². The Balaban J connectivity index is 1.83. The molecule has 0 aromatic heterocycles. The molecule has 0 radical (unpaired) electrons. The summed E-state index contributed by atoms with van der Waals surface area (Å²) in [6.45, 7) is 4.35. The van der Waals surface area contributed by atoms with Crippen LogP contribution in [-0.4, -0.2) is 29.2 Å². The highest BCUT2D eigenvalue weighted by Gasteiger charge is 2.31. The van der Waals surface area contributed by atoms with Crippen molar-refractivity contribution in [2.45, 2.75) is 32.7 Å². The highest BCUT2D eigenvalue weighted by Crippen LogP contribution is 2.28. The normalized spacial score (nSPS) is 13.7. The quantitative estimate of drug-likeness (QED) is 0.777. The second kappa shape index (κ2) is 6.37. The first-order valence-electron chi connectivity index (χ1n) is 8.12. The largest absolute Gasteiger partial charge is 0.336 e. The van der Waals surface area contributed by atoms with Gasteiger partial charge in [-0.25, -0.2) is 0 Å². The molecule has 0 spiro atoms. The summed E-state index contributed by atoms with van der Waals surface area (Å²) in [6, 6.07) is 15.7. The first kappa shape index (κ1) is 15.5. The van der Waals surface area contributed by atoms with Gasteiger partial charge in [0.15, 0.2) is 5.78 Å². The van der Waals surface area contributed by atoms with Crippen LogP contribution in [0.4, 0.5) is 0 Å². The van der Waals surface area contributed by atoms with Gasteiger partial charge >= 0.3 is 0 Å². The lowest BCUT2D eigenvalue weighted by atomic mass is 10.0. The van der Waals surface area contributed by atoms with Gasteiger partial charge < -0.3 is 4.90 Å². The molecule has 1 fully saturated rings. The summed E-state index contributed by atoms with van der Waals surface area (Å²) < 4.78 is 0. The molecule has 2 aromatic carbocycles. The third-order valence-electron chi connectivity index (χ3n) is 4.32. The van der Waals surface area contributed by atoms with E-state index in [1.54, 1.807) is 6.92 Å². The van der Waals surface area contributed by atoms with Crippen molar-refractivity contribution in [3.8, 4) is 11.1 Å². The van der Waals surface area contributed by atoms with Crippen molar-refractivity contribution in [2.24, 2.45) is 0 Å². The van der Waals surface area contributed by atoms with Crippen LogP contribution in [-0.2, 0) is 0 Å². The van der Waals surface area contributed by atoms with Crippen LogP contribution in [0.25, 0.3) is 11.1 Å². The molecule has 1 aliphatic rings. The van der Waals surface area contributed by atoms with E-state index in [0.717, 1.165) is 36.1 Å². The number of rotatable bonds is 5. The summed E-state index contributed by atoms with van der Waals surface area (Å²) in [5.41, 5.74) is 3.43. The fourth-order valence-electron chi connectivity index (χ4n) is 2.84. The maximum Gasteiger partial charge on any atom is 0.254 e. The lowest BCUT2D eigenvalue weighted by molar-refractivity contribution is 0.0752. The topological polar surface area (TPSA) is 37.4 Å². The molecule has 118 valence electrons. The second-order valence-electron chi connectivity index (χ2n) is 6.04. The van der Waals surface area contributed by atoms with Gasteiger partial charge in [0.25, 0.3) is 5.91 Å². The summed E-state index contributed by atoms with van der Waals surface area (Å²) in [5.74, 6) is 0.167. The van der Waals surface area contributed by atoms with Crippen LogP contribution in [0.2, 0.25) is 0 Å². The predicted octanol–water partition coefficient (Wildman–Crippen LogP) is 4.18. The SMILES string of the molecule is CCN(C(=O)c1ccc(-c2cccc(C(C)=O)c2)cc1)C1CC1. The minimum absolute atomic E-state index is 0.0571. The van der Waals surface area contributed by atoms with Crippen LogP contribution in [0.3, 0.4) is 0 Å². The molecule has 0 aliphatic heterocycles. The van der Waals surface area contributed by atoms with Crippen molar-refractivity contribution < 1.29 is 9.59 Å². The standard InChI is InChI=1S/C20H21NO2/c1-3-21(19-11-12-19)20(23)16-9-7-15(8-10-16)18-6-4-5-17(13-18)14(2)22/h4-10,13,19H,3,11-12H2,1-2H3. The molecule has 23 heavy (non-hydrogen) atoms. The zero-order chi connectivity index (χ0) is 16.4. The van der Waals surface area contributed by atoms with Crippen molar-refractivity contribution in [3.63, 3.8) is 0 Å². The van der Waals surface area contributed by atoms with E-state index in [1.807, 2.05) is 60.4 Å².